The van der Waals surface area contributed by atoms with E-state index in [1.54, 1.807) is 0 Å². The molecule has 1 fully saturated rings. The minimum Gasteiger partial charge on any atom is -0.394 e. The number of nitrogens with zero attached hydrogens (tertiary/aromatic N) is 3. The Morgan fingerprint density at radius 3 is 2.79 bits per heavy atom. The van der Waals surface area contributed by atoms with Crippen molar-refractivity contribution in [2.24, 2.45) is 0 Å². The molecule has 6 heteroatoms. The number of rotatable bonds is 3. The first-order chi connectivity index (χ1) is 11.7. The van der Waals surface area contributed by atoms with Crippen LogP contribution in [0.15, 0.2) is 36.8 Å². The minimum atomic E-state index is -0.116. The molecule has 0 saturated carbocycles. The van der Waals surface area contributed by atoms with Crippen molar-refractivity contribution >= 4 is 16.9 Å². The van der Waals surface area contributed by atoms with Crippen LogP contribution in [-0.2, 0) is 4.74 Å². The van der Waals surface area contributed by atoms with Gasteiger partial charge in [-0.15, -0.1) is 0 Å². The Kier molecular flexibility index (Phi) is 3.70. The molecule has 6 nitrogen and oxygen atoms in total. The second-order valence-electron chi connectivity index (χ2n) is 6.30. The SMILES string of the molecule is Cc1ccc(-c2cn(C3COC(CO)C3)c3ncnc(N)c23)cc1. The van der Waals surface area contributed by atoms with Crippen LogP contribution in [0.2, 0.25) is 0 Å². The van der Waals surface area contributed by atoms with E-state index in [4.69, 9.17) is 10.5 Å². The van der Waals surface area contributed by atoms with Gasteiger partial charge >= 0.3 is 0 Å². The summed E-state index contributed by atoms with van der Waals surface area (Å²) in [5.74, 6) is 0.479. The fraction of sp³-hybridized carbons (Fsp3) is 0.333. The zero-order chi connectivity index (χ0) is 16.7. The van der Waals surface area contributed by atoms with Gasteiger partial charge in [-0.2, -0.15) is 0 Å². The Balaban J connectivity index is 1.87. The lowest BCUT2D eigenvalue weighted by molar-refractivity contribution is 0.0576. The summed E-state index contributed by atoms with van der Waals surface area (Å²) in [6.45, 7) is 2.67. The monoisotopic (exact) mass is 324 g/mol. The maximum absolute atomic E-state index is 9.32. The van der Waals surface area contributed by atoms with Crippen LogP contribution in [0.25, 0.3) is 22.2 Å². The van der Waals surface area contributed by atoms with Gasteiger partial charge in [-0.25, -0.2) is 9.97 Å². The Bertz CT molecular complexity index is 873. The molecule has 1 aliphatic heterocycles. The summed E-state index contributed by atoms with van der Waals surface area (Å²) in [7, 11) is 0. The Morgan fingerprint density at radius 1 is 1.29 bits per heavy atom. The summed E-state index contributed by atoms with van der Waals surface area (Å²) in [6, 6.07) is 8.47. The fourth-order valence-electron chi connectivity index (χ4n) is 3.35. The lowest BCUT2D eigenvalue weighted by atomic mass is 10.0. The van der Waals surface area contributed by atoms with Gasteiger partial charge in [-0.3, -0.25) is 0 Å². The largest absolute Gasteiger partial charge is 0.394 e. The zero-order valence-corrected chi connectivity index (χ0v) is 13.5. The number of aromatic nitrogens is 3. The van der Waals surface area contributed by atoms with Gasteiger partial charge in [0, 0.05) is 11.8 Å². The molecule has 0 aliphatic carbocycles. The average molecular weight is 324 g/mol. The highest BCUT2D eigenvalue weighted by Crippen LogP contribution is 2.36. The first-order valence-corrected chi connectivity index (χ1v) is 8.08. The molecule has 2 unspecified atom stereocenters. The summed E-state index contributed by atoms with van der Waals surface area (Å²) >= 11 is 0. The Morgan fingerprint density at radius 2 is 2.08 bits per heavy atom. The number of ether oxygens (including phenoxy) is 1. The number of benzene rings is 1. The molecule has 4 rings (SSSR count). The molecule has 2 aromatic heterocycles. The van der Waals surface area contributed by atoms with Crippen molar-refractivity contribution in [2.45, 2.75) is 25.5 Å². The second kappa shape index (κ2) is 5.89. The van der Waals surface area contributed by atoms with E-state index >= 15 is 0 Å². The summed E-state index contributed by atoms with van der Waals surface area (Å²) in [4.78, 5) is 8.62. The summed E-state index contributed by atoms with van der Waals surface area (Å²) in [5.41, 5.74) is 10.3. The van der Waals surface area contributed by atoms with E-state index in [1.807, 2.05) is 0 Å². The summed E-state index contributed by atoms with van der Waals surface area (Å²) in [5, 5.41) is 10.2. The quantitative estimate of drug-likeness (QED) is 0.772. The number of aryl methyl sites for hydroxylation is 1. The zero-order valence-electron chi connectivity index (χ0n) is 13.5. The molecule has 1 saturated heterocycles. The van der Waals surface area contributed by atoms with Crippen molar-refractivity contribution in [2.75, 3.05) is 18.9 Å². The molecule has 24 heavy (non-hydrogen) atoms. The first-order valence-electron chi connectivity index (χ1n) is 8.08. The van der Waals surface area contributed by atoms with Crippen molar-refractivity contribution in [1.82, 2.24) is 14.5 Å². The van der Waals surface area contributed by atoms with Crippen molar-refractivity contribution in [1.29, 1.82) is 0 Å². The maximum atomic E-state index is 9.32. The third-order valence-corrected chi connectivity index (χ3v) is 4.66. The molecule has 3 aromatic rings. The van der Waals surface area contributed by atoms with Gasteiger partial charge in [-0.05, 0) is 18.9 Å². The van der Waals surface area contributed by atoms with E-state index in [-0.39, 0.29) is 18.8 Å². The van der Waals surface area contributed by atoms with Gasteiger partial charge in [0.1, 0.15) is 17.8 Å². The predicted octanol–water partition coefficient (Wildman–Crippen LogP) is 2.31. The number of nitrogens with two attached hydrogens (primary N) is 1. The highest BCUT2D eigenvalue weighted by Gasteiger charge is 2.28. The van der Waals surface area contributed by atoms with Crippen molar-refractivity contribution in [3.05, 3.63) is 42.4 Å². The summed E-state index contributed by atoms with van der Waals surface area (Å²) < 4.78 is 7.74. The molecule has 0 spiro atoms. The third kappa shape index (κ3) is 2.44. The first kappa shape index (κ1) is 15.1. The predicted molar refractivity (Wildman–Crippen MR) is 92.6 cm³/mol. The molecule has 1 aromatic carbocycles. The molecule has 0 radical (unpaired) electrons. The van der Waals surface area contributed by atoms with Crippen molar-refractivity contribution < 1.29 is 9.84 Å². The van der Waals surface area contributed by atoms with E-state index in [1.165, 1.54) is 11.9 Å². The van der Waals surface area contributed by atoms with Crippen LogP contribution in [0.1, 0.15) is 18.0 Å². The second-order valence-corrected chi connectivity index (χ2v) is 6.30. The van der Waals surface area contributed by atoms with Crippen LogP contribution in [0.3, 0.4) is 0 Å². The molecular formula is C18H20N4O2. The number of fused-ring (bicyclic) bond motifs is 1. The number of aliphatic hydroxyl groups excluding tert-OH is 1. The Hall–Kier alpha value is -2.44. The van der Waals surface area contributed by atoms with Crippen molar-refractivity contribution in [3.8, 4) is 11.1 Å². The number of hydrogen-bond acceptors (Lipinski definition) is 5. The van der Waals surface area contributed by atoms with Crippen LogP contribution < -0.4 is 5.73 Å². The molecule has 1 aliphatic rings. The van der Waals surface area contributed by atoms with Gasteiger partial charge in [0.05, 0.1) is 30.7 Å². The number of hydrogen-bond donors (Lipinski definition) is 2. The lowest BCUT2D eigenvalue weighted by Gasteiger charge is -2.11. The normalized spacial score (nSPS) is 20.8. The number of nitrogen functional groups attached to an aromatic ring is 1. The molecule has 0 bridgehead atoms. The maximum Gasteiger partial charge on any atom is 0.146 e. The smallest absolute Gasteiger partial charge is 0.146 e. The van der Waals surface area contributed by atoms with E-state index in [9.17, 15) is 5.11 Å². The van der Waals surface area contributed by atoms with Crippen LogP contribution >= 0.6 is 0 Å². The molecule has 2 atom stereocenters. The standard InChI is InChI=1S/C18H20N4O2/c1-11-2-4-12(5-3-11)15-7-22(13-6-14(8-23)24-9-13)18-16(15)17(19)20-10-21-18/h2-5,7,10,13-14,23H,6,8-9H2,1H3,(H2,19,20,21). The van der Waals surface area contributed by atoms with E-state index < -0.39 is 0 Å². The third-order valence-electron chi connectivity index (χ3n) is 4.66. The van der Waals surface area contributed by atoms with Crippen LogP contribution in [0.5, 0.6) is 0 Å². The number of anilines is 1. The van der Waals surface area contributed by atoms with Crippen molar-refractivity contribution in [3.63, 3.8) is 0 Å². The van der Waals surface area contributed by atoms with Crippen LogP contribution in [-0.4, -0.2) is 39.0 Å². The molecule has 0 amide bonds. The highest BCUT2D eigenvalue weighted by atomic mass is 16.5. The molecule has 3 heterocycles. The van der Waals surface area contributed by atoms with Gasteiger partial charge < -0.3 is 20.1 Å². The van der Waals surface area contributed by atoms with Gasteiger partial charge in [-0.1, -0.05) is 29.8 Å². The van der Waals surface area contributed by atoms with Crippen LogP contribution in [0, 0.1) is 6.92 Å². The minimum absolute atomic E-state index is 0.0393. The number of aliphatic hydroxyl groups is 1. The summed E-state index contributed by atoms with van der Waals surface area (Å²) in [6.07, 6.45) is 4.22. The van der Waals surface area contributed by atoms with Gasteiger partial charge in [0.15, 0.2) is 0 Å². The fourth-order valence-corrected chi connectivity index (χ4v) is 3.35. The van der Waals surface area contributed by atoms with Gasteiger partial charge in [0.2, 0.25) is 0 Å². The highest BCUT2D eigenvalue weighted by molar-refractivity contribution is 6.00. The van der Waals surface area contributed by atoms with Gasteiger partial charge in [0.25, 0.3) is 0 Å². The average Bonchev–Trinajstić information content (AvgIpc) is 3.20. The van der Waals surface area contributed by atoms with E-state index in [0.29, 0.717) is 12.4 Å². The lowest BCUT2D eigenvalue weighted by Crippen LogP contribution is -2.11. The van der Waals surface area contributed by atoms with Crippen LogP contribution in [0.4, 0.5) is 5.82 Å². The molecular weight excluding hydrogens is 304 g/mol. The molecule has 3 N–H and O–H groups in total. The van der Waals surface area contributed by atoms with E-state index in [0.717, 1.165) is 28.6 Å². The van der Waals surface area contributed by atoms with E-state index in [2.05, 4.69) is 51.9 Å². The molecule has 124 valence electrons. The topological polar surface area (TPSA) is 86.2 Å². The Labute approximate surface area is 139 Å².